The Bertz CT molecular complexity index is 990. The van der Waals surface area contributed by atoms with Crippen LogP contribution < -0.4 is 0 Å². The number of piperazine rings is 1. The van der Waals surface area contributed by atoms with Gasteiger partial charge in [0.25, 0.3) is 0 Å². The normalized spacial score (nSPS) is 22.8. The molecule has 4 nitrogen and oxygen atoms in total. The van der Waals surface area contributed by atoms with Gasteiger partial charge in [-0.2, -0.15) is 0 Å². The minimum atomic E-state index is -0.294. The van der Waals surface area contributed by atoms with Crippen molar-refractivity contribution >= 4 is 0 Å². The minimum absolute atomic E-state index is 0.0179. The first-order valence-corrected chi connectivity index (χ1v) is 11.0. The summed E-state index contributed by atoms with van der Waals surface area (Å²) in [5.74, 6) is -0.587. The van der Waals surface area contributed by atoms with E-state index in [2.05, 4.69) is 4.90 Å². The highest BCUT2D eigenvalue weighted by molar-refractivity contribution is 5.32. The molecule has 0 amide bonds. The molecule has 5 rings (SSSR count). The highest BCUT2D eigenvalue weighted by Crippen LogP contribution is 2.40. The maximum Gasteiger partial charge on any atom is 0.138 e. The standard InChI is InChI=1S/C26H26F2N2O2/c27-22-10-6-19(7-11-22)25(20-8-12-23(28)13-9-20)29-14-16-30(31,17-15-29)18-24-26(32-24)21-4-2-1-3-5-21/h1-13,24-26H,14-18H2. The van der Waals surface area contributed by atoms with Crippen molar-refractivity contribution in [3.63, 3.8) is 0 Å². The molecule has 0 bridgehead atoms. The second kappa shape index (κ2) is 8.71. The zero-order valence-corrected chi connectivity index (χ0v) is 17.7. The number of hydrogen-bond donors (Lipinski definition) is 0. The van der Waals surface area contributed by atoms with Crippen molar-refractivity contribution in [2.45, 2.75) is 18.2 Å². The van der Waals surface area contributed by atoms with E-state index in [1.165, 1.54) is 24.3 Å². The number of halogens is 2. The van der Waals surface area contributed by atoms with Gasteiger partial charge in [0.15, 0.2) is 0 Å². The Balaban J connectivity index is 1.28. The third kappa shape index (κ3) is 4.59. The van der Waals surface area contributed by atoms with Crippen molar-refractivity contribution in [2.75, 3.05) is 32.7 Å². The summed E-state index contributed by atoms with van der Waals surface area (Å²) in [5.41, 5.74) is 2.98. The molecule has 0 aliphatic carbocycles. The average Bonchev–Trinajstić information content (AvgIpc) is 3.57. The Hall–Kier alpha value is -2.64. The van der Waals surface area contributed by atoms with E-state index in [1.54, 1.807) is 24.3 Å². The molecule has 2 atom stereocenters. The van der Waals surface area contributed by atoms with E-state index in [0.717, 1.165) is 16.7 Å². The molecule has 2 unspecified atom stereocenters. The first kappa shape index (κ1) is 21.2. The summed E-state index contributed by atoms with van der Waals surface area (Å²) in [6, 6.07) is 22.7. The van der Waals surface area contributed by atoms with Crippen LogP contribution in [0.4, 0.5) is 8.78 Å². The molecule has 0 aromatic heterocycles. The molecule has 2 saturated heterocycles. The summed E-state index contributed by atoms with van der Waals surface area (Å²) in [4.78, 5) is 2.23. The molecule has 6 heteroatoms. The highest BCUT2D eigenvalue weighted by Gasteiger charge is 2.45. The lowest BCUT2D eigenvalue weighted by atomic mass is 9.96. The summed E-state index contributed by atoms with van der Waals surface area (Å²) in [6.07, 6.45) is -0.0178. The van der Waals surface area contributed by atoms with E-state index in [9.17, 15) is 14.0 Å². The fourth-order valence-electron chi connectivity index (χ4n) is 4.74. The molecule has 0 N–H and O–H groups in total. The van der Waals surface area contributed by atoms with Gasteiger partial charge >= 0.3 is 0 Å². The number of epoxide rings is 1. The lowest BCUT2D eigenvalue weighted by molar-refractivity contribution is -0.885. The van der Waals surface area contributed by atoms with Crippen molar-refractivity contribution in [3.8, 4) is 0 Å². The molecule has 32 heavy (non-hydrogen) atoms. The molecule has 166 valence electrons. The largest absolute Gasteiger partial charge is 0.633 e. The SMILES string of the molecule is [O-][N+]1(CC2OC2c2ccccc2)CCN(C(c2ccc(F)cc2)c2ccc(F)cc2)CC1. The maximum absolute atomic E-state index is 13.5. The summed E-state index contributed by atoms with van der Waals surface area (Å²) in [6.45, 7) is 2.57. The van der Waals surface area contributed by atoms with Crippen LogP contribution in [0.5, 0.6) is 0 Å². The van der Waals surface area contributed by atoms with Gasteiger partial charge < -0.3 is 14.6 Å². The fraction of sp³-hybridized carbons (Fsp3) is 0.308. The van der Waals surface area contributed by atoms with E-state index >= 15 is 0 Å². The maximum atomic E-state index is 13.5. The van der Waals surface area contributed by atoms with Gasteiger partial charge in [-0.25, -0.2) is 8.78 Å². The van der Waals surface area contributed by atoms with Crippen molar-refractivity contribution < 1.29 is 18.2 Å². The van der Waals surface area contributed by atoms with E-state index in [0.29, 0.717) is 32.7 Å². The Morgan fingerprint density at radius 3 is 1.91 bits per heavy atom. The van der Waals surface area contributed by atoms with Crippen LogP contribution in [0.2, 0.25) is 0 Å². The van der Waals surface area contributed by atoms with Crippen LogP contribution in [0.1, 0.15) is 28.8 Å². The second-order valence-corrected chi connectivity index (χ2v) is 8.74. The molecule has 2 aliphatic rings. The topological polar surface area (TPSA) is 38.8 Å². The van der Waals surface area contributed by atoms with Crippen molar-refractivity contribution in [2.24, 2.45) is 0 Å². The quantitative estimate of drug-likeness (QED) is 0.316. The Morgan fingerprint density at radius 1 is 0.844 bits per heavy atom. The predicted octanol–water partition coefficient (Wildman–Crippen LogP) is 4.82. The monoisotopic (exact) mass is 436 g/mol. The van der Waals surface area contributed by atoms with Gasteiger partial charge in [-0.1, -0.05) is 54.6 Å². The highest BCUT2D eigenvalue weighted by atomic mass is 19.1. The molecule has 0 spiro atoms. The van der Waals surface area contributed by atoms with Gasteiger partial charge in [0.05, 0.1) is 19.1 Å². The summed E-state index contributed by atoms with van der Waals surface area (Å²) in [5, 5.41) is 13.4. The van der Waals surface area contributed by atoms with Crippen molar-refractivity contribution in [1.29, 1.82) is 0 Å². The van der Waals surface area contributed by atoms with Crippen molar-refractivity contribution in [3.05, 3.63) is 112 Å². The van der Waals surface area contributed by atoms with Crippen LogP contribution >= 0.6 is 0 Å². The number of nitrogens with zero attached hydrogens (tertiary/aromatic N) is 2. The molecule has 2 aliphatic heterocycles. The third-order valence-electron chi connectivity index (χ3n) is 6.55. The first-order valence-electron chi connectivity index (χ1n) is 11.0. The molecule has 2 fully saturated rings. The fourth-order valence-corrected chi connectivity index (χ4v) is 4.74. The van der Waals surface area contributed by atoms with Gasteiger partial charge in [-0.05, 0) is 41.0 Å². The Morgan fingerprint density at radius 2 is 1.38 bits per heavy atom. The lowest BCUT2D eigenvalue weighted by Crippen LogP contribution is -2.58. The molecule has 0 radical (unpaired) electrons. The Labute approximate surface area is 186 Å². The summed E-state index contributed by atoms with van der Waals surface area (Å²) in [7, 11) is 0. The third-order valence-corrected chi connectivity index (χ3v) is 6.55. The molecular formula is C26H26F2N2O2. The number of benzene rings is 3. The number of quaternary nitrogens is 1. The number of ether oxygens (including phenoxy) is 1. The van der Waals surface area contributed by atoms with Gasteiger partial charge in [-0.15, -0.1) is 0 Å². The first-order chi connectivity index (χ1) is 15.5. The molecule has 0 saturated carbocycles. The second-order valence-electron chi connectivity index (χ2n) is 8.74. The van der Waals surface area contributed by atoms with Gasteiger partial charge in [0, 0.05) is 13.1 Å². The smallest absolute Gasteiger partial charge is 0.138 e. The summed E-state index contributed by atoms with van der Waals surface area (Å²) >= 11 is 0. The van der Waals surface area contributed by atoms with Crippen LogP contribution in [0, 0.1) is 16.8 Å². The lowest BCUT2D eigenvalue weighted by Gasteiger charge is -2.49. The van der Waals surface area contributed by atoms with Crippen LogP contribution in [0.25, 0.3) is 0 Å². The predicted molar refractivity (Wildman–Crippen MR) is 119 cm³/mol. The zero-order valence-electron chi connectivity index (χ0n) is 17.7. The van der Waals surface area contributed by atoms with E-state index < -0.39 is 0 Å². The van der Waals surface area contributed by atoms with Crippen LogP contribution in [0.3, 0.4) is 0 Å². The number of rotatable bonds is 6. The van der Waals surface area contributed by atoms with E-state index in [-0.39, 0.29) is 34.5 Å². The van der Waals surface area contributed by atoms with E-state index in [4.69, 9.17) is 4.74 Å². The van der Waals surface area contributed by atoms with Gasteiger partial charge in [0.1, 0.15) is 30.4 Å². The molecule has 3 aromatic carbocycles. The molecule has 2 heterocycles. The minimum Gasteiger partial charge on any atom is -0.633 e. The van der Waals surface area contributed by atoms with Crippen molar-refractivity contribution in [1.82, 2.24) is 4.90 Å². The van der Waals surface area contributed by atoms with Crippen LogP contribution in [-0.2, 0) is 4.74 Å². The van der Waals surface area contributed by atoms with E-state index in [1.807, 2.05) is 30.3 Å². The Kier molecular flexibility index (Phi) is 5.78. The number of hydrogen-bond acceptors (Lipinski definition) is 3. The molecular weight excluding hydrogens is 410 g/mol. The van der Waals surface area contributed by atoms with Crippen LogP contribution in [0.15, 0.2) is 78.9 Å². The summed E-state index contributed by atoms with van der Waals surface area (Å²) < 4.78 is 32.6. The average molecular weight is 437 g/mol. The van der Waals surface area contributed by atoms with Gasteiger partial charge in [-0.3, -0.25) is 4.90 Å². The number of hydroxylamine groups is 3. The zero-order chi connectivity index (χ0) is 22.1. The van der Waals surface area contributed by atoms with Gasteiger partial charge in [0.2, 0.25) is 0 Å². The molecule has 3 aromatic rings. The van der Waals surface area contributed by atoms with Crippen LogP contribution in [-0.4, -0.2) is 48.4 Å².